The maximum absolute atomic E-state index is 11.4. The number of allylic oxidation sites excluding steroid dienone is 4. The van der Waals surface area contributed by atoms with Gasteiger partial charge in [0.25, 0.3) is 4.33 Å². The van der Waals surface area contributed by atoms with Crippen molar-refractivity contribution in [2.24, 2.45) is 11.8 Å². The Morgan fingerprint density at radius 2 is 1.94 bits per heavy atom. The predicted octanol–water partition coefficient (Wildman–Crippen LogP) is 3.39. The molecule has 0 N–H and O–H groups in total. The molecule has 0 amide bonds. The highest BCUT2D eigenvalue weighted by Crippen LogP contribution is 2.73. The molecule has 17 heavy (non-hydrogen) atoms. The fourth-order valence-electron chi connectivity index (χ4n) is 2.92. The summed E-state index contributed by atoms with van der Waals surface area (Å²) in [4.78, 5) is 11.4. The van der Waals surface area contributed by atoms with Crippen LogP contribution in [-0.2, 0) is 9.53 Å². The van der Waals surface area contributed by atoms with Gasteiger partial charge in [0.1, 0.15) is 0 Å². The number of esters is 1. The standard InChI is InChI=1S/C11H8Cl4O2/c12-10(13)7-5-3-1-2-4-6(7)9(10)11(14,15)8(16)17-9/h1-3,5-7H,4H2/t6-,7+,9-/m1/s1. The van der Waals surface area contributed by atoms with Crippen molar-refractivity contribution in [3.63, 3.8) is 0 Å². The number of hydrogen-bond acceptors (Lipinski definition) is 2. The highest BCUT2D eigenvalue weighted by atomic mass is 35.5. The first-order chi connectivity index (χ1) is 7.86. The third-order valence-electron chi connectivity index (χ3n) is 3.80. The largest absolute Gasteiger partial charge is 0.449 e. The fourth-order valence-corrected chi connectivity index (χ4v) is 4.94. The van der Waals surface area contributed by atoms with E-state index in [9.17, 15) is 4.79 Å². The van der Waals surface area contributed by atoms with E-state index in [1.807, 2.05) is 24.3 Å². The van der Waals surface area contributed by atoms with E-state index in [1.165, 1.54) is 0 Å². The third kappa shape index (κ3) is 1.14. The smallest absolute Gasteiger partial charge is 0.347 e. The maximum Gasteiger partial charge on any atom is 0.347 e. The van der Waals surface area contributed by atoms with Gasteiger partial charge in [0.15, 0.2) is 9.93 Å². The molecule has 0 radical (unpaired) electrons. The zero-order valence-electron chi connectivity index (χ0n) is 8.50. The summed E-state index contributed by atoms with van der Waals surface area (Å²) in [7, 11) is 0. The van der Waals surface area contributed by atoms with E-state index in [2.05, 4.69) is 0 Å². The van der Waals surface area contributed by atoms with Crippen LogP contribution >= 0.6 is 46.4 Å². The number of carbonyl (C=O) groups is 1. The second-order valence-corrected chi connectivity index (χ2v) is 7.22. The number of halogens is 4. The molecular formula is C11H8Cl4O2. The summed E-state index contributed by atoms with van der Waals surface area (Å²) in [6.07, 6.45) is 8.31. The summed E-state index contributed by atoms with van der Waals surface area (Å²) in [5.74, 6) is -0.881. The van der Waals surface area contributed by atoms with Gasteiger partial charge in [-0.05, 0) is 6.42 Å². The minimum absolute atomic E-state index is 0.0831. The van der Waals surface area contributed by atoms with E-state index < -0.39 is 20.2 Å². The van der Waals surface area contributed by atoms with Crippen LogP contribution in [0.15, 0.2) is 24.3 Å². The third-order valence-corrected chi connectivity index (χ3v) is 5.74. The van der Waals surface area contributed by atoms with E-state index >= 15 is 0 Å². The van der Waals surface area contributed by atoms with Gasteiger partial charge in [0.2, 0.25) is 0 Å². The van der Waals surface area contributed by atoms with Crippen LogP contribution in [-0.4, -0.2) is 20.2 Å². The summed E-state index contributed by atoms with van der Waals surface area (Å²) >= 11 is 24.7. The Kier molecular flexibility index (Phi) is 2.40. The van der Waals surface area contributed by atoms with Crippen LogP contribution in [0.2, 0.25) is 0 Å². The zero-order chi connectivity index (χ0) is 12.5. The van der Waals surface area contributed by atoms with Gasteiger partial charge in [-0.3, -0.25) is 0 Å². The van der Waals surface area contributed by atoms with Gasteiger partial charge in [-0.25, -0.2) is 4.79 Å². The Morgan fingerprint density at radius 1 is 1.24 bits per heavy atom. The predicted molar refractivity (Wildman–Crippen MR) is 67.6 cm³/mol. The lowest BCUT2D eigenvalue weighted by atomic mass is 9.55. The van der Waals surface area contributed by atoms with Gasteiger partial charge < -0.3 is 4.74 Å². The molecule has 1 saturated carbocycles. The summed E-state index contributed by atoms with van der Waals surface area (Å²) in [5.41, 5.74) is -1.20. The highest BCUT2D eigenvalue weighted by Gasteiger charge is 2.87. The van der Waals surface area contributed by atoms with Gasteiger partial charge in [0, 0.05) is 11.8 Å². The fraction of sp³-hybridized carbons (Fsp3) is 0.545. The Bertz CT molecular complexity index is 454. The van der Waals surface area contributed by atoms with Crippen LogP contribution in [0, 0.1) is 11.8 Å². The lowest BCUT2D eigenvalue weighted by Gasteiger charge is -2.68. The first-order valence-electron chi connectivity index (χ1n) is 5.18. The van der Waals surface area contributed by atoms with Crippen molar-refractivity contribution in [1.82, 2.24) is 0 Å². The normalized spacial score (nSPS) is 44.4. The number of alkyl halides is 4. The molecule has 1 saturated heterocycles. The second-order valence-electron chi connectivity index (χ2n) is 4.50. The average Bonchev–Trinajstić information content (AvgIpc) is 2.49. The van der Waals surface area contributed by atoms with Crippen LogP contribution in [0.25, 0.3) is 0 Å². The minimum atomic E-state index is -1.66. The number of ether oxygens (including phenoxy) is 1. The summed E-state index contributed by atoms with van der Waals surface area (Å²) in [6.45, 7) is 0. The molecule has 6 heteroatoms. The first-order valence-corrected chi connectivity index (χ1v) is 6.69. The molecule has 0 unspecified atom stereocenters. The molecule has 3 aliphatic rings. The molecule has 3 atom stereocenters. The van der Waals surface area contributed by atoms with Gasteiger partial charge in [-0.15, -0.1) is 0 Å². The van der Waals surface area contributed by atoms with Crippen LogP contribution < -0.4 is 0 Å². The van der Waals surface area contributed by atoms with Crippen LogP contribution in [0.5, 0.6) is 0 Å². The van der Waals surface area contributed by atoms with Crippen LogP contribution in [0.3, 0.4) is 0 Å². The van der Waals surface area contributed by atoms with E-state index in [0.29, 0.717) is 6.42 Å². The monoisotopic (exact) mass is 312 g/mol. The Morgan fingerprint density at radius 3 is 2.53 bits per heavy atom. The molecule has 1 spiro atoms. The van der Waals surface area contributed by atoms with Crippen molar-refractivity contribution < 1.29 is 9.53 Å². The first kappa shape index (κ1) is 12.2. The summed E-state index contributed by atoms with van der Waals surface area (Å²) in [6, 6.07) is 0. The van der Waals surface area contributed by atoms with Gasteiger partial charge >= 0.3 is 5.97 Å². The molecule has 2 nitrogen and oxygen atoms in total. The lowest BCUT2D eigenvalue weighted by Crippen LogP contribution is -2.85. The summed E-state index contributed by atoms with van der Waals surface area (Å²) < 4.78 is 2.24. The molecular weight excluding hydrogens is 306 g/mol. The minimum Gasteiger partial charge on any atom is -0.449 e. The molecule has 0 bridgehead atoms. The van der Waals surface area contributed by atoms with Crippen LogP contribution in [0.1, 0.15) is 6.42 Å². The van der Waals surface area contributed by atoms with E-state index in [0.717, 1.165) is 0 Å². The molecule has 0 aromatic heterocycles. The number of fused-ring (bicyclic) bond motifs is 2. The summed E-state index contributed by atoms with van der Waals surface area (Å²) in [5, 5.41) is 0. The molecule has 0 aromatic carbocycles. The zero-order valence-corrected chi connectivity index (χ0v) is 11.5. The molecule has 2 fully saturated rings. The van der Waals surface area contributed by atoms with Crippen molar-refractivity contribution >= 4 is 52.4 Å². The lowest BCUT2D eigenvalue weighted by molar-refractivity contribution is -0.244. The van der Waals surface area contributed by atoms with Crippen molar-refractivity contribution in [3.8, 4) is 0 Å². The van der Waals surface area contributed by atoms with E-state index in [1.54, 1.807) is 0 Å². The maximum atomic E-state index is 11.4. The van der Waals surface area contributed by atoms with Crippen molar-refractivity contribution in [3.05, 3.63) is 24.3 Å². The number of hydrogen-bond donors (Lipinski definition) is 0. The number of carbonyl (C=O) groups excluding carboxylic acids is 1. The van der Waals surface area contributed by atoms with Gasteiger partial charge in [-0.2, -0.15) is 0 Å². The molecule has 1 aliphatic heterocycles. The SMILES string of the molecule is O=C1O[C@@]2([C@@H]3CC=CC=C[C@@H]3C2(Cl)Cl)C1(Cl)Cl. The van der Waals surface area contributed by atoms with Crippen molar-refractivity contribution in [2.45, 2.75) is 20.7 Å². The highest BCUT2D eigenvalue weighted by molar-refractivity contribution is 6.63. The topological polar surface area (TPSA) is 26.3 Å². The quantitative estimate of drug-likeness (QED) is 0.506. The van der Waals surface area contributed by atoms with E-state index in [4.69, 9.17) is 51.1 Å². The van der Waals surface area contributed by atoms with E-state index in [-0.39, 0.29) is 11.8 Å². The molecule has 1 heterocycles. The van der Waals surface area contributed by atoms with Gasteiger partial charge in [0.05, 0.1) is 0 Å². The molecule has 92 valence electrons. The Balaban J connectivity index is 2.05. The Labute approximate surface area is 118 Å². The average molecular weight is 314 g/mol. The second kappa shape index (κ2) is 3.36. The molecule has 0 aromatic rings. The molecule has 3 rings (SSSR count). The number of rotatable bonds is 0. The van der Waals surface area contributed by atoms with Crippen molar-refractivity contribution in [1.29, 1.82) is 0 Å². The van der Waals surface area contributed by atoms with Crippen molar-refractivity contribution in [2.75, 3.05) is 0 Å². The van der Waals surface area contributed by atoms with Gasteiger partial charge in [-0.1, -0.05) is 70.7 Å². The van der Waals surface area contributed by atoms with Crippen LogP contribution in [0.4, 0.5) is 0 Å². The molecule has 2 aliphatic carbocycles. The Hall–Kier alpha value is 0.110.